The molecule has 1 heterocycles. The van der Waals surface area contributed by atoms with Crippen LogP contribution in [0.4, 0.5) is 0 Å². The van der Waals surface area contributed by atoms with Crippen LogP contribution in [0.2, 0.25) is 0 Å². The molecule has 30 heavy (non-hydrogen) atoms. The van der Waals surface area contributed by atoms with Gasteiger partial charge in [0.15, 0.2) is 0 Å². The van der Waals surface area contributed by atoms with E-state index in [1.807, 2.05) is 12.4 Å². The number of aryl methyl sites for hydroxylation is 1. The predicted molar refractivity (Wildman–Crippen MR) is 126 cm³/mol. The highest BCUT2D eigenvalue weighted by molar-refractivity contribution is 6.08. The molecular formula is C29H23N. The first-order chi connectivity index (χ1) is 14.9. The second-order valence-corrected chi connectivity index (χ2v) is 8.28. The lowest BCUT2D eigenvalue weighted by Gasteiger charge is -2.29. The maximum absolute atomic E-state index is 4.21. The van der Waals surface area contributed by atoms with Crippen molar-refractivity contribution in [2.45, 2.75) is 25.2 Å². The van der Waals surface area contributed by atoms with Crippen LogP contribution in [-0.2, 0) is 6.42 Å². The van der Waals surface area contributed by atoms with Crippen molar-refractivity contribution in [2.75, 3.05) is 0 Å². The van der Waals surface area contributed by atoms with Gasteiger partial charge in [-0.2, -0.15) is 0 Å². The molecule has 0 radical (unpaired) electrons. The van der Waals surface area contributed by atoms with Gasteiger partial charge in [-0.3, -0.25) is 4.98 Å². The molecule has 1 aliphatic rings. The summed E-state index contributed by atoms with van der Waals surface area (Å²) < 4.78 is 0. The monoisotopic (exact) mass is 385 g/mol. The summed E-state index contributed by atoms with van der Waals surface area (Å²) in [7, 11) is 0. The van der Waals surface area contributed by atoms with E-state index in [4.69, 9.17) is 0 Å². The number of rotatable bonds is 2. The normalized spacial score (nSPS) is 15.9. The number of pyridine rings is 1. The number of benzene rings is 4. The molecule has 0 amide bonds. The third kappa shape index (κ3) is 2.74. The van der Waals surface area contributed by atoms with Crippen LogP contribution in [0.5, 0.6) is 0 Å². The maximum Gasteiger partial charge on any atom is 0.0273 e. The second kappa shape index (κ2) is 7.11. The van der Waals surface area contributed by atoms with Gasteiger partial charge in [0.05, 0.1) is 0 Å². The fourth-order valence-corrected chi connectivity index (χ4v) is 5.33. The maximum atomic E-state index is 4.21. The molecule has 1 aliphatic carbocycles. The highest BCUT2D eigenvalue weighted by Gasteiger charge is 2.25. The van der Waals surface area contributed by atoms with Gasteiger partial charge in [-0.15, -0.1) is 0 Å². The van der Waals surface area contributed by atoms with Crippen molar-refractivity contribution in [3.63, 3.8) is 0 Å². The zero-order valence-electron chi connectivity index (χ0n) is 16.9. The first kappa shape index (κ1) is 17.4. The topological polar surface area (TPSA) is 12.9 Å². The Bertz CT molecular complexity index is 1370. The molecule has 0 aliphatic heterocycles. The summed E-state index contributed by atoms with van der Waals surface area (Å²) >= 11 is 0. The van der Waals surface area contributed by atoms with E-state index >= 15 is 0 Å². The van der Waals surface area contributed by atoms with E-state index < -0.39 is 0 Å². The first-order valence-corrected chi connectivity index (χ1v) is 10.8. The minimum Gasteiger partial charge on any atom is -0.265 e. The van der Waals surface area contributed by atoms with Crippen molar-refractivity contribution in [1.82, 2.24) is 4.98 Å². The molecule has 5 aromatic rings. The third-order valence-corrected chi connectivity index (χ3v) is 6.70. The molecule has 0 bridgehead atoms. The number of hydrogen-bond acceptors (Lipinski definition) is 1. The molecule has 0 N–H and O–H groups in total. The summed E-state index contributed by atoms with van der Waals surface area (Å²) in [5.41, 5.74) is 7.06. The molecule has 1 nitrogen and oxygen atoms in total. The average Bonchev–Trinajstić information content (AvgIpc) is 2.84. The number of hydrogen-bond donors (Lipinski definition) is 0. The number of fused-ring (bicyclic) bond motifs is 5. The molecule has 0 saturated carbocycles. The Morgan fingerprint density at radius 2 is 1.43 bits per heavy atom. The average molecular weight is 386 g/mol. The van der Waals surface area contributed by atoms with Crippen LogP contribution < -0.4 is 0 Å². The van der Waals surface area contributed by atoms with E-state index in [2.05, 4.69) is 89.9 Å². The number of nitrogens with zero attached hydrogens (tertiary/aromatic N) is 1. The zero-order chi connectivity index (χ0) is 19.9. The molecule has 1 aromatic heterocycles. The Kier molecular flexibility index (Phi) is 4.12. The van der Waals surface area contributed by atoms with E-state index in [1.165, 1.54) is 63.1 Å². The van der Waals surface area contributed by atoms with E-state index in [1.54, 1.807) is 5.56 Å². The Balaban J connectivity index is 1.56. The molecular weight excluding hydrogens is 362 g/mol. The summed E-state index contributed by atoms with van der Waals surface area (Å²) in [5.74, 6) is 0.439. The van der Waals surface area contributed by atoms with Gasteiger partial charge in [-0.05, 0) is 80.8 Å². The van der Waals surface area contributed by atoms with Crippen molar-refractivity contribution >= 4 is 21.5 Å². The standard InChI is InChI=1S/C29H23N/c1-2-7-22-20(6-1)12-13-28-26-11-5-10-25(29(26)15-14-27(22)28)24-9-4-3-8-23(24)21-16-18-30-19-17-21/h1-4,6-9,12-19,25H,5,10-11H2. The minimum atomic E-state index is 0.439. The van der Waals surface area contributed by atoms with Gasteiger partial charge in [0.2, 0.25) is 0 Å². The molecule has 6 rings (SSSR count). The third-order valence-electron chi connectivity index (χ3n) is 6.70. The smallest absolute Gasteiger partial charge is 0.0273 e. The first-order valence-electron chi connectivity index (χ1n) is 10.8. The van der Waals surface area contributed by atoms with Gasteiger partial charge >= 0.3 is 0 Å². The highest BCUT2D eigenvalue weighted by Crippen LogP contribution is 2.43. The summed E-state index contributed by atoms with van der Waals surface area (Å²) in [4.78, 5) is 4.21. The Morgan fingerprint density at radius 3 is 2.37 bits per heavy atom. The fraction of sp³-hybridized carbons (Fsp3) is 0.138. The second-order valence-electron chi connectivity index (χ2n) is 8.28. The zero-order valence-corrected chi connectivity index (χ0v) is 16.9. The van der Waals surface area contributed by atoms with Crippen molar-refractivity contribution in [2.24, 2.45) is 0 Å². The fourth-order valence-electron chi connectivity index (χ4n) is 5.33. The predicted octanol–water partition coefficient (Wildman–Crippen LogP) is 7.52. The Morgan fingerprint density at radius 1 is 0.633 bits per heavy atom. The van der Waals surface area contributed by atoms with E-state index in [0.717, 1.165) is 0 Å². The van der Waals surface area contributed by atoms with Crippen LogP contribution >= 0.6 is 0 Å². The van der Waals surface area contributed by atoms with E-state index in [-0.39, 0.29) is 0 Å². The van der Waals surface area contributed by atoms with Crippen LogP contribution in [0.3, 0.4) is 0 Å². The van der Waals surface area contributed by atoms with Gasteiger partial charge in [-0.1, -0.05) is 72.8 Å². The van der Waals surface area contributed by atoms with E-state index in [9.17, 15) is 0 Å². The van der Waals surface area contributed by atoms with Crippen LogP contribution in [0.15, 0.2) is 97.3 Å². The summed E-state index contributed by atoms with van der Waals surface area (Å²) in [6, 6.07) is 31.3. The van der Waals surface area contributed by atoms with Crippen molar-refractivity contribution in [1.29, 1.82) is 0 Å². The molecule has 1 atom stereocenters. The molecule has 0 fully saturated rings. The molecule has 4 aromatic carbocycles. The quantitative estimate of drug-likeness (QED) is 0.286. The molecule has 1 unspecified atom stereocenters. The van der Waals surface area contributed by atoms with Gasteiger partial charge in [0.25, 0.3) is 0 Å². The van der Waals surface area contributed by atoms with Gasteiger partial charge in [0.1, 0.15) is 0 Å². The summed E-state index contributed by atoms with van der Waals surface area (Å²) in [5, 5.41) is 5.49. The lowest BCUT2D eigenvalue weighted by molar-refractivity contribution is 0.620. The van der Waals surface area contributed by atoms with Crippen LogP contribution in [0, 0.1) is 0 Å². The van der Waals surface area contributed by atoms with Crippen LogP contribution in [0.25, 0.3) is 32.7 Å². The summed E-state index contributed by atoms with van der Waals surface area (Å²) in [6.07, 6.45) is 7.38. The Hall–Kier alpha value is -3.45. The number of aromatic nitrogens is 1. The molecule has 0 saturated heterocycles. The van der Waals surface area contributed by atoms with Crippen molar-refractivity contribution in [3.05, 3.63) is 114 Å². The Labute approximate surface area is 177 Å². The van der Waals surface area contributed by atoms with Crippen LogP contribution in [0.1, 0.15) is 35.4 Å². The van der Waals surface area contributed by atoms with Gasteiger partial charge in [0, 0.05) is 18.3 Å². The van der Waals surface area contributed by atoms with Crippen molar-refractivity contribution in [3.8, 4) is 11.1 Å². The lowest BCUT2D eigenvalue weighted by atomic mass is 9.75. The van der Waals surface area contributed by atoms with Gasteiger partial charge < -0.3 is 0 Å². The summed E-state index contributed by atoms with van der Waals surface area (Å²) in [6.45, 7) is 0. The molecule has 1 heteroatoms. The van der Waals surface area contributed by atoms with Gasteiger partial charge in [-0.25, -0.2) is 0 Å². The molecule has 144 valence electrons. The SMILES string of the molecule is c1ccc(C2CCCc3c2ccc2c3ccc3ccccc32)c(-c2ccncc2)c1. The van der Waals surface area contributed by atoms with Crippen LogP contribution in [-0.4, -0.2) is 4.98 Å². The minimum absolute atomic E-state index is 0.439. The molecule has 0 spiro atoms. The van der Waals surface area contributed by atoms with E-state index in [0.29, 0.717) is 5.92 Å². The highest BCUT2D eigenvalue weighted by atomic mass is 14.6. The van der Waals surface area contributed by atoms with Crippen molar-refractivity contribution < 1.29 is 0 Å². The largest absolute Gasteiger partial charge is 0.265 e. The lowest BCUT2D eigenvalue weighted by Crippen LogP contribution is -2.12.